The van der Waals surface area contributed by atoms with Crippen molar-refractivity contribution < 1.29 is 9.53 Å². The molecule has 28 heavy (non-hydrogen) atoms. The number of benzene rings is 2. The second-order valence-electron chi connectivity index (χ2n) is 5.80. The average Bonchev–Trinajstić information content (AvgIpc) is 3.35. The summed E-state index contributed by atoms with van der Waals surface area (Å²) in [5, 5.41) is 5.53. The van der Waals surface area contributed by atoms with Gasteiger partial charge in [0.25, 0.3) is 5.91 Å². The first kappa shape index (κ1) is 18.9. The monoisotopic (exact) mass is 427 g/mol. The maximum absolute atomic E-state index is 12.8. The van der Waals surface area contributed by atoms with Crippen LogP contribution in [0.3, 0.4) is 0 Å². The lowest BCUT2D eigenvalue weighted by Gasteiger charge is -2.07. The molecule has 0 radical (unpaired) electrons. The van der Waals surface area contributed by atoms with Gasteiger partial charge in [-0.25, -0.2) is 9.97 Å². The molecule has 2 aromatic heterocycles. The molecule has 0 saturated heterocycles. The highest BCUT2D eigenvalue weighted by Crippen LogP contribution is 2.31. The van der Waals surface area contributed by atoms with E-state index in [0.29, 0.717) is 17.3 Å². The Morgan fingerprint density at radius 3 is 2.96 bits per heavy atom. The lowest BCUT2D eigenvalue weighted by molar-refractivity contribution is 0.102. The van der Waals surface area contributed by atoms with Gasteiger partial charge in [0, 0.05) is 16.0 Å². The van der Waals surface area contributed by atoms with Gasteiger partial charge < -0.3 is 4.74 Å². The number of amides is 1. The summed E-state index contributed by atoms with van der Waals surface area (Å²) in [7, 11) is 0. The summed E-state index contributed by atoms with van der Waals surface area (Å²) in [5.41, 5.74) is 4.31. The standard InChI is InChI=1S/C20H17N3O2S3/c1-2-25-14-7-8-16-18(9-14)28-20(22-16)23-19(24)15-5-3-4-6-17(15)27-11-13-10-26-12-21-13/h3-10,12H,2,11H2,1H3,(H,22,23,24). The molecular weight excluding hydrogens is 410 g/mol. The highest BCUT2D eigenvalue weighted by atomic mass is 32.2. The number of fused-ring (bicyclic) bond motifs is 1. The molecule has 1 amide bonds. The number of nitrogens with one attached hydrogen (secondary N) is 1. The summed E-state index contributed by atoms with van der Waals surface area (Å²) in [6, 6.07) is 13.3. The summed E-state index contributed by atoms with van der Waals surface area (Å²) in [6.45, 7) is 2.57. The largest absolute Gasteiger partial charge is 0.494 e. The zero-order valence-corrected chi connectivity index (χ0v) is 17.5. The number of thioether (sulfide) groups is 1. The molecule has 142 valence electrons. The lowest BCUT2D eigenvalue weighted by atomic mass is 10.2. The summed E-state index contributed by atoms with van der Waals surface area (Å²) in [5.74, 6) is 1.38. The molecule has 1 N–H and O–H groups in total. The number of carbonyl (C=O) groups excluding carboxylic acids is 1. The van der Waals surface area contributed by atoms with Gasteiger partial charge >= 0.3 is 0 Å². The zero-order chi connectivity index (χ0) is 19.3. The SMILES string of the molecule is CCOc1ccc2nc(NC(=O)c3ccccc3SCc3cscn3)sc2c1. The van der Waals surface area contributed by atoms with E-state index < -0.39 is 0 Å². The molecule has 4 aromatic rings. The predicted octanol–water partition coefficient (Wildman–Crippen LogP) is 5.70. The fraction of sp³-hybridized carbons (Fsp3) is 0.150. The van der Waals surface area contributed by atoms with Crippen LogP contribution in [0.25, 0.3) is 10.2 Å². The van der Waals surface area contributed by atoms with Gasteiger partial charge in [0.05, 0.1) is 33.6 Å². The molecule has 5 nitrogen and oxygen atoms in total. The van der Waals surface area contributed by atoms with Crippen LogP contribution in [0, 0.1) is 0 Å². The van der Waals surface area contributed by atoms with Crippen LogP contribution in [-0.2, 0) is 5.75 Å². The van der Waals surface area contributed by atoms with E-state index in [1.807, 2.05) is 60.3 Å². The van der Waals surface area contributed by atoms with Crippen molar-refractivity contribution in [2.75, 3.05) is 11.9 Å². The van der Waals surface area contributed by atoms with Crippen molar-refractivity contribution in [2.45, 2.75) is 17.6 Å². The van der Waals surface area contributed by atoms with Gasteiger partial charge in [0.2, 0.25) is 0 Å². The maximum Gasteiger partial charge on any atom is 0.258 e. The number of thiazole rings is 2. The van der Waals surface area contributed by atoms with Crippen LogP contribution in [0.1, 0.15) is 23.0 Å². The van der Waals surface area contributed by atoms with Crippen molar-refractivity contribution in [1.82, 2.24) is 9.97 Å². The summed E-state index contributed by atoms with van der Waals surface area (Å²) in [4.78, 5) is 22.6. The number of ether oxygens (including phenoxy) is 1. The number of nitrogens with zero attached hydrogens (tertiary/aromatic N) is 2. The molecule has 0 fully saturated rings. The fourth-order valence-corrected chi connectivity index (χ4v) is 5.13. The van der Waals surface area contributed by atoms with E-state index >= 15 is 0 Å². The molecule has 8 heteroatoms. The maximum atomic E-state index is 12.8. The number of hydrogen-bond acceptors (Lipinski definition) is 7. The van der Waals surface area contributed by atoms with Gasteiger partial charge in [-0.1, -0.05) is 23.5 Å². The lowest BCUT2D eigenvalue weighted by Crippen LogP contribution is -2.12. The Hall–Kier alpha value is -2.42. The Labute approximate surface area is 174 Å². The number of carbonyl (C=O) groups is 1. The highest BCUT2D eigenvalue weighted by Gasteiger charge is 2.14. The summed E-state index contributed by atoms with van der Waals surface area (Å²) < 4.78 is 6.51. The fourth-order valence-electron chi connectivity index (χ4n) is 2.62. The molecule has 0 bridgehead atoms. The van der Waals surface area contributed by atoms with Crippen LogP contribution < -0.4 is 10.1 Å². The number of hydrogen-bond donors (Lipinski definition) is 1. The van der Waals surface area contributed by atoms with Crippen LogP contribution in [0.5, 0.6) is 5.75 Å². The van der Waals surface area contributed by atoms with Crippen molar-refractivity contribution in [3.8, 4) is 5.75 Å². The first-order valence-electron chi connectivity index (χ1n) is 8.66. The Morgan fingerprint density at radius 1 is 1.25 bits per heavy atom. The average molecular weight is 428 g/mol. The van der Waals surface area contributed by atoms with E-state index in [4.69, 9.17) is 4.74 Å². The summed E-state index contributed by atoms with van der Waals surface area (Å²) in [6.07, 6.45) is 0. The molecular formula is C20H17N3O2S3. The highest BCUT2D eigenvalue weighted by molar-refractivity contribution is 7.98. The predicted molar refractivity (Wildman–Crippen MR) is 117 cm³/mol. The minimum absolute atomic E-state index is 0.162. The molecule has 0 aliphatic rings. The second kappa shape index (κ2) is 8.72. The second-order valence-corrected chi connectivity index (χ2v) is 8.57. The molecule has 0 unspecified atom stereocenters. The molecule has 2 heterocycles. The first-order valence-corrected chi connectivity index (χ1v) is 11.4. The van der Waals surface area contributed by atoms with Crippen molar-refractivity contribution in [3.63, 3.8) is 0 Å². The number of aromatic nitrogens is 2. The van der Waals surface area contributed by atoms with Gasteiger partial charge in [0.15, 0.2) is 5.13 Å². The third-order valence-corrected chi connectivity index (χ3v) is 6.56. The van der Waals surface area contributed by atoms with E-state index in [0.717, 1.165) is 32.3 Å². The third kappa shape index (κ3) is 4.35. The third-order valence-electron chi connectivity index (χ3n) is 3.88. The van der Waals surface area contributed by atoms with Gasteiger partial charge in [-0.05, 0) is 37.3 Å². The Morgan fingerprint density at radius 2 is 2.14 bits per heavy atom. The minimum atomic E-state index is -0.162. The summed E-state index contributed by atoms with van der Waals surface area (Å²) >= 11 is 4.62. The van der Waals surface area contributed by atoms with Crippen LogP contribution in [0.2, 0.25) is 0 Å². The smallest absolute Gasteiger partial charge is 0.258 e. The molecule has 0 spiro atoms. The Balaban J connectivity index is 1.51. The van der Waals surface area contributed by atoms with Crippen LogP contribution in [-0.4, -0.2) is 22.5 Å². The van der Waals surface area contributed by atoms with Gasteiger partial charge in [0.1, 0.15) is 5.75 Å². The van der Waals surface area contributed by atoms with Gasteiger partial charge in [-0.2, -0.15) is 0 Å². The van der Waals surface area contributed by atoms with E-state index in [-0.39, 0.29) is 5.91 Å². The molecule has 2 aromatic carbocycles. The van der Waals surface area contributed by atoms with Crippen molar-refractivity contribution in [1.29, 1.82) is 0 Å². The molecule has 0 aliphatic heterocycles. The zero-order valence-electron chi connectivity index (χ0n) is 15.0. The normalized spacial score (nSPS) is 10.9. The molecule has 0 aliphatic carbocycles. The minimum Gasteiger partial charge on any atom is -0.494 e. The van der Waals surface area contributed by atoms with Crippen LogP contribution in [0.4, 0.5) is 5.13 Å². The van der Waals surface area contributed by atoms with Crippen molar-refractivity contribution in [2.24, 2.45) is 0 Å². The van der Waals surface area contributed by atoms with Crippen LogP contribution in [0.15, 0.2) is 58.3 Å². The van der Waals surface area contributed by atoms with Crippen molar-refractivity contribution in [3.05, 3.63) is 64.6 Å². The van der Waals surface area contributed by atoms with Crippen molar-refractivity contribution >= 4 is 55.7 Å². The first-order chi connectivity index (χ1) is 13.7. The van der Waals surface area contributed by atoms with Gasteiger partial charge in [-0.3, -0.25) is 10.1 Å². The molecule has 0 saturated carbocycles. The topological polar surface area (TPSA) is 64.1 Å². The number of rotatable bonds is 7. The molecule has 0 atom stereocenters. The van der Waals surface area contributed by atoms with E-state index in [9.17, 15) is 4.79 Å². The Bertz CT molecular complexity index is 1090. The molecule has 4 rings (SSSR count). The van der Waals surface area contributed by atoms with Crippen LogP contribution >= 0.6 is 34.4 Å². The van der Waals surface area contributed by atoms with E-state index in [1.54, 1.807) is 23.1 Å². The Kier molecular flexibility index (Phi) is 5.90. The van der Waals surface area contributed by atoms with E-state index in [2.05, 4.69) is 15.3 Å². The quantitative estimate of drug-likeness (QED) is 0.384. The van der Waals surface area contributed by atoms with E-state index in [1.165, 1.54) is 11.3 Å². The van der Waals surface area contributed by atoms with Gasteiger partial charge in [-0.15, -0.1) is 23.1 Å². The number of anilines is 1.